The summed E-state index contributed by atoms with van der Waals surface area (Å²) in [5.74, 6) is 1.05. The molecule has 1 aliphatic rings. The Labute approximate surface area is 152 Å². The number of para-hydroxylation sites is 1. The first-order valence-corrected chi connectivity index (χ1v) is 8.97. The third-order valence-corrected chi connectivity index (χ3v) is 5.39. The largest absolute Gasteiger partial charge is 0.356 e. The molecule has 4 rings (SSSR count). The van der Waals surface area contributed by atoms with Crippen molar-refractivity contribution in [1.82, 2.24) is 15.0 Å². The second kappa shape index (κ2) is 6.44. The molecule has 0 unspecified atom stereocenters. The molecule has 1 amide bonds. The van der Waals surface area contributed by atoms with Crippen molar-refractivity contribution in [3.63, 3.8) is 0 Å². The highest BCUT2D eigenvalue weighted by Crippen LogP contribution is 2.36. The summed E-state index contributed by atoms with van der Waals surface area (Å²) in [4.78, 5) is 27.1. The summed E-state index contributed by atoms with van der Waals surface area (Å²) in [6.07, 6.45) is 5.15. The molecule has 26 heavy (non-hydrogen) atoms. The molecule has 2 aromatic heterocycles. The molecular formula is C20H23N5O. The SMILES string of the molecule is Cc1c[nH]c2ncnc(N3CCC(C)(C(=O)Nc4ccccc4)CC3)c12. The number of anilines is 2. The Morgan fingerprint density at radius 1 is 1.19 bits per heavy atom. The maximum atomic E-state index is 12.8. The number of carbonyl (C=O) groups is 1. The summed E-state index contributed by atoms with van der Waals surface area (Å²) in [5.41, 5.74) is 2.49. The third-order valence-electron chi connectivity index (χ3n) is 5.39. The predicted molar refractivity (Wildman–Crippen MR) is 103 cm³/mol. The maximum Gasteiger partial charge on any atom is 0.230 e. The molecule has 0 saturated carbocycles. The smallest absolute Gasteiger partial charge is 0.230 e. The highest BCUT2D eigenvalue weighted by atomic mass is 16.2. The van der Waals surface area contributed by atoms with Crippen molar-refractivity contribution >= 4 is 28.4 Å². The fraction of sp³-hybridized carbons (Fsp3) is 0.350. The van der Waals surface area contributed by atoms with Crippen LogP contribution < -0.4 is 10.2 Å². The minimum Gasteiger partial charge on any atom is -0.356 e. The van der Waals surface area contributed by atoms with Crippen molar-refractivity contribution in [2.24, 2.45) is 5.41 Å². The number of benzene rings is 1. The molecule has 0 radical (unpaired) electrons. The van der Waals surface area contributed by atoms with Gasteiger partial charge in [0.05, 0.1) is 10.8 Å². The standard InChI is InChI=1S/C20H23N5O/c1-14-12-21-17-16(14)18(23-13-22-17)25-10-8-20(2,9-11-25)19(26)24-15-6-4-3-5-7-15/h3-7,12-13H,8-11H2,1-2H3,(H,24,26)(H,21,22,23). The molecule has 1 fully saturated rings. The van der Waals surface area contributed by atoms with E-state index in [0.717, 1.165) is 54.0 Å². The van der Waals surface area contributed by atoms with Gasteiger partial charge < -0.3 is 15.2 Å². The van der Waals surface area contributed by atoms with E-state index in [0.29, 0.717) is 0 Å². The van der Waals surface area contributed by atoms with Crippen LogP contribution in [-0.4, -0.2) is 33.9 Å². The topological polar surface area (TPSA) is 73.9 Å². The molecule has 1 aromatic carbocycles. The lowest BCUT2D eigenvalue weighted by Crippen LogP contribution is -2.45. The molecule has 134 valence electrons. The second-order valence-corrected chi connectivity index (χ2v) is 7.26. The van der Waals surface area contributed by atoms with Crippen molar-refractivity contribution in [2.45, 2.75) is 26.7 Å². The van der Waals surface area contributed by atoms with E-state index in [2.05, 4.69) is 39.0 Å². The zero-order valence-electron chi connectivity index (χ0n) is 15.1. The van der Waals surface area contributed by atoms with Gasteiger partial charge >= 0.3 is 0 Å². The van der Waals surface area contributed by atoms with E-state index in [1.807, 2.05) is 36.5 Å². The molecule has 3 aromatic rings. The number of piperidine rings is 1. The maximum absolute atomic E-state index is 12.8. The Morgan fingerprint density at radius 3 is 2.65 bits per heavy atom. The molecule has 1 saturated heterocycles. The molecule has 6 heteroatoms. The van der Waals surface area contributed by atoms with Crippen molar-refractivity contribution in [3.05, 3.63) is 48.4 Å². The lowest BCUT2D eigenvalue weighted by Gasteiger charge is -2.39. The van der Waals surface area contributed by atoms with Crippen LogP contribution in [0.25, 0.3) is 11.0 Å². The number of nitrogens with zero attached hydrogens (tertiary/aromatic N) is 3. The molecule has 0 spiro atoms. The predicted octanol–water partition coefficient (Wildman–Crippen LogP) is 3.51. The third kappa shape index (κ3) is 2.92. The van der Waals surface area contributed by atoms with E-state index in [-0.39, 0.29) is 11.3 Å². The average Bonchev–Trinajstić information content (AvgIpc) is 3.05. The van der Waals surface area contributed by atoms with Gasteiger partial charge in [0.15, 0.2) is 0 Å². The van der Waals surface area contributed by atoms with Gasteiger partial charge in [0.1, 0.15) is 17.8 Å². The fourth-order valence-corrected chi connectivity index (χ4v) is 3.58. The van der Waals surface area contributed by atoms with E-state index in [9.17, 15) is 4.79 Å². The normalized spacial score (nSPS) is 16.6. The van der Waals surface area contributed by atoms with E-state index >= 15 is 0 Å². The zero-order chi connectivity index (χ0) is 18.1. The number of rotatable bonds is 3. The van der Waals surface area contributed by atoms with Gasteiger partial charge in [-0.25, -0.2) is 9.97 Å². The summed E-state index contributed by atoms with van der Waals surface area (Å²) in [6, 6.07) is 9.65. The van der Waals surface area contributed by atoms with Crippen LogP contribution in [0.4, 0.5) is 11.5 Å². The number of fused-ring (bicyclic) bond motifs is 1. The number of aryl methyl sites for hydroxylation is 1. The molecule has 2 N–H and O–H groups in total. The van der Waals surface area contributed by atoms with Crippen LogP contribution in [0.3, 0.4) is 0 Å². The summed E-state index contributed by atoms with van der Waals surface area (Å²) in [5, 5.41) is 4.13. The second-order valence-electron chi connectivity index (χ2n) is 7.26. The zero-order valence-corrected chi connectivity index (χ0v) is 15.1. The number of carbonyl (C=O) groups excluding carboxylic acids is 1. The van der Waals surface area contributed by atoms with Crippen molar-refractivity contribution in [1.29, 1.82) is 0 Å². The first-order valence-electron chi connectivity index (χ1n) is 8.97. The minimum atomic E-state index is -0.369. The lowest BCUT2D eigenvalue weighted by atomic mass is 9.79. The first kappa shape index (κ1) is 16.6. The van der Waals surface area contributed by atoms with Gasteiger partial charge in [0.25, 0.3) is 0 Å². The number of hydrogen-bond donors (Lipinski definition) is 2. The summed E-state index contributed by atoms with van der Waals surface area (Å²) in [6.45, 7) is 5.72. The monoisotopic (exact) mass is 349 g/mol. The van der Waals surface area contributed by atoms with Gasteiger partial charge in [-0.1, -0.05) is 25.1 Å². The number of aromatic amines is 1. The molecule has 6 nitrogen and oxygen atoms in total. The van der Waals surface area contributed by atoms with Crippen molar-refractivity contribution in [3.8, 4) is 0 Å². The minimum absolute atomic E-state index is 0.0917. The van der Waals surface area contributed by atoms with E-state index < -0.39 is 0 Å². The number of nitrogens with one attached hydrogen (secondary N) is 2. The molecule has 1 aliphatic heterocycles. The van der Waals surface area contributed by atoms with Crippen LogP contribution in [0.1, 0.15) is 25.3 Å². The number of H-pyrrole nitrogens is 1. The van der Waals surface area contributed by atoms with Gasteiger partial charge in [0, 0.05) is 25.0 Å². The summed E-state index contributed by atoms with van der Waals surface area (Å²) >= 11 is 0. The average molecular weight is 349 g/mol. The molecule has 0 bridgehead atoms. The Balaban J connectivity index is 1.49. The van der Waals surface area contributed by atoms with Crippen molar-refractivity contribution in [2.75, 3.05) is 23.3 Å². The van der Waals surface area contributed by atoms with E-state index in [1.165, 1.54) is 0 Å². The molecule has 3 heterocycles. The highest BCUT2D eigenvalue weighted by Gasteiger charge is 2.37. The van der Waals surface area contributed by atoms with Crippen LogP contribution in [0.5, 0.6) is 0 Å². The van der Waals surface area contributed by atoms with Gasteiger partial charge in [-0.05, 0) is 37.5 Å². The summed E-state index contributed by atoms with van der Waals surface area (Å²) < 4.78 is 0. The van der Waals surface area contributed by atoms with Crippen LogP contribution in [0, 0.1) is 12.3 Å². The van der Waals surface area contributed by atoms with Crippen molar-refractivity contribution < 1.29 is 4.79 Å². The number of aromatic nitrogens is 3. The summed E-state index contributed by atoms with van der Waals surface area (Å²) in [7, 11) is 0. The van der Waals surface area contributed by atoms with Gasteiger partial charge in [0.2, 0.25) is 5.91 Å². The van der Waals surface area contributed by atoms with Gasteiger partial charge in [-0.3, -0.25) is 4.79 Å². The quantitative estimate of drug-likeness (QED) is 0.759. The lowest BCUT2D eigenvalue weighted by molar-refractivity contribution is -0.125. The number of hydrogen-bond acceptors (Lipinski definition) is 4. The molecule has 0 aliphatic carbocycles. The Hall–Kier alpha value is -2.89. The van der Waals surface area contributed by atoms with Crippen LogP contribution in [0.2, 0.25) is 0 Å². The fourth-order valence-electron chi connectivity index (χ4n) is 3.58. The molecular weight excluding hydrogens is 326 g/mol. The van der Waals surface area contributed by atoms with Crippen LogP contribution in [0.15, 0.2) is 42.9 Å². The van der Waals surface area contributed by atoms with Gasteiger partial charge in [-0.15, -0.1) is 0 Å². The highest BCUT2D eigenvalue weighted by molar-refractivity contribution is 5.95. The Morgan fingerprint density at radius 2 is 1.92 bits per heavy atom. The van der Waals surface area contributed by atoms with Gasteiger partial charge in [-0.2, -0.15) is 0 Å². The van der Waals surface area contributed by atoms with Crippen LogP contribution >= 0.6 is 0 Å². The van der Waals surface area contributed by atoms with E-state index in [4.69, 9.17) is 0 Å². The Bertz CT molecular complexity index is 926. The van der Waals surface area contributed by atoms with Crippen LogP contribution in [-0.2, 0) is 4.79 Å². The Kier molecular flexibility index (Phi) is 4.11. The first-order chi connectivity index (χ1) is 12.6. The van der Waals surface area contributed by atoms with E-state index in [1.54, 1.807) is 6.33 Å². The number of amides is 1. The molecule has 0 atom stereocenters.